The fourth-order valence-electron chi connectivity index (χ4n) is 2.32. The second-order valence-electron chi connectivity index (χ2n) is 5.26. The van der Waals surface area contributed by atoms with Crippen molar-refractivity contribution in [2.75, 3.05) is 27.1 Å². The van der Waals surface area contributed by atoms with Gasteiger partial charge in [-0.2, -0.15) is 0 Å². The lowest BCUT2D eigenvalue weighted by Crippen LogP contribution is -2.42. The van der Waals surface area contributed by atoms with Gasteiger partial charge in [-0.1, -0.05) is 0 Å². The maximum Gasteiger partial charge on any atom is 0.500 e. The second-order valence-corrected chi connectivity index (χ2v) is 9.87. The van der Waals surface area contributed by atoms with Crippen LogP contribution in [-0.4, -0.2) is 53.4 Å². The Morgan fingerprint density at radius 3 is 2.35 bits per heavy atom. The lowest BCUT2D eigenvalue weighted by molar-refractivity contribution is -0.696. The Morgan fingerprint density at radius 1 is 1.13 bits per heavy atom. The van der Waals surface area contributed by atoms with E-state index in [9.17, 15) is 13.0 Å². The van der Waals surface area contributed by atoms with Gasteiger partial charge in [0.1, 0.15) is 12.4 Å². The lowest BCUT2D eigenvalue weighted by Gasteiger charge is -2.23. The zero-order valence-electron chi connectivity index (χ0n) is 13.9. The molecule has 1 aromatic rings. The first-order valence-corrected chi connectivity index (χ1v) is 11.0. The molecule has 0 fully saturated rings. The number of aromatic nitrogens is 2. The third-order valence-corrected chi connectivity index (χ3v) is 7.26. The van der Waals surface area contributed by atoms with Gasteiger partial charge >= 0.3 is 8.80 Å². The Bertz CT molecular complexity index is 550. The zero-order chi connectivity index (χ0) is 17.3. The summed E-state index contributed by atoms with van der Waals surface area (Å²) in [6.45, 7) is 1.36. The maximum absolute atomic E-state index is 10.6. The quantitative estimate of drug-likeness (QED) is 0.230. The van der Waals surface area contributed by atoms with Crippen molar-refractivity contribution < 1.29 is 30.8 Å². The van der Waals surface area contributed by atoms with E-state index in [-0.39, 0.29) is 5.75 Å². The van der Waals surface area contributed by atoms with Gasteiger partial charge in [0, 0.05) is 33.1 Å². The van der Waals surface area contributed by atoms with Gasteiger partial charge in [0.25, 0.3) is 0 Å². The van der Waals surface area contributed by atoms with E-state index < -0.39 is 18.9 Å². The highest BCUT2D eigenvalue weighted by Gasteiger charge is 2.36. The molecule has 0 spiro atoms. The van der Waals surface area contributed by atoms with E-state index >= 15 is 0 Å². The van der Waals surface area contributed by atoms with E-state index in [1.54, 1.807) is 21.3 Å². The van der Waals surface area contributed by atoms with Gasteiger partial charge in [-0.15, -0.1) is 0 Å². The smallest absolute Gasteiger partial charge is 0.500 e. The van der Waals surface area contributed by atoms with Crippen LogP contribution >= 0.6 is 0 Å². The number of unbranched alkanes of at least 4 members (excludes halogenated alkanes) is 1. The summed E-state index contributed by atoms with van der Waals surface area (Å²) in [5.41, 5.74) is 0. The van der Waals surface area contributed by atoms with Gasteiger partial charge in [0.05, 0.1) is 23.2 Å². The van der Waals surface area contributed by atoms with Crippen LogP contribution in [0.2, 0.25) is 6.04 Å². The first-order chi connectivity index (χ1) is 10.8. The second kappa shape index (κ2) is 9.50. The molecular formula is C13H26N2O6SSi. The number of imidazole rings is 1. The highest BCUT2D eigenvalue weighted by molar-refractivity contribution is 7.85. The summed E-state index contributed by atoms with van der Waals surface area (Å²) in [5, 5.41) is 0. The Kier molecular flexibility index (Phi) is 8.37. The van der Waals surface area contributed by atoms with Crippen LogP contribution in [0.5, 0.6) is 0 Å². The minimum atomic E-state index is -4.13. The molecule has 10 heteroatoms. The summed E-state index contributed by atoms with van der Waals surface area (Å²) >= 11 is 0. The predicted octanol–water partition coefficient (Wildman–Crippen LogP) is 0.369. The summed E-state index contributed by atoms with van der Waals surface area (Å²) in [5.74, 6) is -0.330. The molecule has 134 valence electrons. The van der Waals surface area contributed by atoms with Crippen LogP contribution in [0.15, 0.2) is 18.7 Å². The van der Waals surface area contributed by atoms with E-state index in [0.717, 1.165) is 25.4 Å². The van der Waals surface area contributed by atoms with Crippen molar-refractivity contribution >= 4 is 18.9 Å². The molecule has 0 aliphatic rings. The molecule has 0 saturated heterocycles. The highest BCUT2D eigenvalue weighted by Crippen LogP contribution is 2.16. The van der Waals surface area contributed by atoms with Crippen molar-refractivity contribution in [2.24, 2.45) is 0 Å². The first kappa shape index (κ1) is 20.3. The summed E-state index contributed by atoms with van der Waals surface area (Å²) < 4.78 is 51.7. The van der Waals surface area contributed by atoms with Crippen molar-refractivity contribution in [3.05, 3.63) is 18.7 Å². The van der Waals surface area contributed by atoms with Gasteiger partial charge in [-0.25, -0.2) is 17.6 Å². The van der Waals surface area contributed by atoms with E-state index in [2.05, 4.69) is 0 Å². The van der Waals surface area contributed by atoms with Crippen LogP contribution < -0.4 is 4.57 Å². The Morgan fingerprint density at radius 2 is 1.78 bits per heavy atom. The molecule has 0 unspecified atom stereocenters. The molecule has 1 rings (SSSR count). The molecule has 0 N–H and O–H groups in total. The monoisotopic (exact) mass is 366 g/mol. The molecule has 0 bridgehead atoms. The summed E-state index contributed by atoms with van der Waals surface area (Å²) in [4.78, 5) is 0. The predicted molar refractivity (Wildman–Crippen MR) is 84.6 cm³/mol. The summed E-state index contributed by atoms with van der Waals surface area (Å²) in [7, 11) is -1.79. The van der Waals surface area contributed by atoms with Crippen LogP contribution in [0.3, 0.4) is 0 Å². The van der Waals surface area contributed by atoms with Gasteiger partial charge in [0.15, 0.2) is 0 Å². The SMILES string of the molecule is CO[Si](CCCCn1cc[n+](CCCS(=O)(=O)[O-])c1)(OC)OC. The van der Waals surface area contributed by atoms with Gasteiger partial charge < -0.3 is 17.8 Å². The molecule has 0 saturated carbocycles. The Balaban J connectivity index is 2.31. The van der Waals surface area contributed by atoms with Crippen LogP contribution in [0.1, 0.15) is 19.3 Å². The topological polar surface area (TPSA) is 93.7 Å². The Labute approximate surface area is 139 Å². The fraction of sp³-hybridized carbons (Fsp3) is 0.769. The number of aryl methyl sites for hydroxylation is 2. The van der Waals surface area contributed by atoms with E-state index in [1.807, 2.05) is 27.9 Å². The van der Waals surface area contributed by atoms with E-state index in [0.29, 0.717) is 13.0 Å². The van der Waals surface area contributed by atoms with Gasteiger partial charge in [-0.05, 0) is 19.3 Å². The Hall–Kier alpha value is -0.783. The summed E-state index contributed by atoms with van der Waals surface area (Å²) in [6, 6.07) is 0.763. The molecule has 0 radical (unpaired) electrons. The number of hydrogen-bond acceptors (Lipinski definition) is 6. The van der Waals surface area contributed by atoms with Crippen molar-refractivity contribution in [3.8, 4) is 0 Å². The molecule has 23 heavy (non-hydrogen) atoms. The fourth-order valence-corrected chi connectivity index (χ4v) is 4.60. The van der Waals surface area contributed by atoms with Crippen molar-refractivity contribution in [1.82, 2.24) is 4.57 Å². The summed E-state index contributed by atoms with van der Waals surface area (Å²) in [6.07, 6.45) is 7.91. The maximum atomic E-state index is 10.6. The third-order valence-electron chi connectivity index (χ3n) is 3.64. The van der Waals surface area contributed by atoms with Gasteiger partial charge in [-0.3, -0.25) is 0 Å². The minimum Gasteiger partial charge on any atom is -0.748 e. The number of rotatable bonds is 12. The average molecular weight is 367 g/mol. The number of nitrogens with zero attached hydrogens (tertiary/aromatic N) is 2. The molecule has 1 aromatic heterocycles. The van der Waals surface area contributed by atoms with Crippen LogP contribution in [0, 0.1) is 0 Å². The molecule has 1 heterocycles. The average Bonchev–Trinajstić information content (AvgIpc) is 2.95. The van der Waals surface area contributed by atoms with Crippen LogP contribution in [0.4, 0.5) is 0 Å². The van der Waals surface area contributed by atoms with Gasteiger partial charge in [0.2, 0.25) is 6.33 Å². The molecule has 0 aliphatic heterocycles. The highest BCUT2D eigenvalue weighted by atomic mass is 32.2. The standard InChI is InChI=1S/C13H26N2O6SSi/c1-19-23(20-2,21-3)12-5-4-7-14-9-10-15(13-14)8-6-11-22(16,17)18/h9-10,13H,4-8,11-12H2,1-3H3. The molecule has 0 amide bonds. The van der Waals surface area contributed by atoms with Crippen molar-refractivity contribution in [1.29, 1.82) is 0 Å². The van der Waals surface area contributed by atoms with E-state index in [4.69, 9.17) is 13.3 Å². The number of hydrogen-bond donors (Lipinski definition) is 0. The van der Waals surface area contributed by atoms with Crippen LogP contribution in [-0.2, 0) is 36.5 Å². The molecule has 0 atom stereocenters. The van der Waals surface area contributed by atoms with Crippen molar-refractivity contribution in [2.45, 2.75) is 38.4 Å². The lowest BCUT2D eigenvalue weighted by atomic mass is 10.3. The normalized spacial score (nSPS) is 12.7. The first-order valence-electron chi connectivity index (χ1n) is 7.48. The third kappa shape index (κ3) is 7.55. The molecule has 8 nitrogen and oxygen atoms in total. The van der Waals surface area contributed by atoms with E-state index in [1.165, 1.54) is 0 Å². The zero-order valence-corrected chi connectivity index (χ0v) is 15.8. The largest absolute Gasteiger partial charge is 0.748 e. The minimum absolute atomic E-state index is 0.324. The van der Waals surface area contributed by atoms with Crippen molar-refractivity contribution in [3.63, 3.8) is 0 Å². The molecule has 0 aromatic carbocycles. The molecule has 0 aliphatic carbocycles. The van der Waals surface area contributed by atoms with Crippen LogP contribution in [0.25, 0.3) is 0 Å². The molecular weight excluding hydrogens is 340 g/mol.